The van der Waals surface area contributed by atoms with Gasteiger partial charge in [0.15, 0.2) is 0 Å². The van der Waals surface area contributed by atoms with Crippen molar-refractivity contribution in [2.75, 3.05) is 39.3 Å². The Hall–Kier alpha value is -5.80. The molecule has 4 atom stereocenters. The van der Waals surface area contributed by atoms with Crippen molar-refractivity contribution in [3.05, 3.63) is 71.5 Å². The molecular formula is C53H68N8O7. The number of carbonyl (C=O) groups is 5. The van der Waals surface area contributed by atoms with Crippen LogP contribution >= 0.6 is 0 Å². The van der Waals surface area contributed by atoms with E-state index < -0.39 is 46.7 Å². The van der Waals surface area contributed by atoms with Crippen LogP contribution in [0.25, 0.3) is 33.3 Å². The van der Waals surface area contributed by atoms with Crippen molar-refractivity contribution in [3.63, 3.8) is 0 Å². The number of likely N-dealkylation sites (tertiary alicyclic amines) is 2. The number of aromatic hydroxyl groups is 1. The predicted molar refractivity (Wildman–Crippen MR) is 259 cm³/mol. The number of pyridine rings is 1. The average Bonchev–Trinajstić information content (AvgIpc) is 4.08. The van der Waals surface area contributed by atoms with Crippen LogP contribution in [0.5, 0.6) is 5.75 Å². The van der Waals surface area contributed by atoms with Gasteiger partial charge in [-0.2, -0.15) is 0 Å². The van der Waals surface area contributed by atoms with E-state index in [4.69, 9.17) is 9.72 Å². The number of aryl methyl sites for hydroxylation is 1. The Balaban J connectivity index is 1.08. The highest BCUT2D eigenvalue weighted by Gasteiger charge is 2.52. The summed E-state index contributed by atoms with van der Waals surface area (Å²) in [5, 5.41) is 20.0. The molecule has 0 radical (unpaired) electrons. The molecule has 4 N–H and O–H groups in total. The summed E-state index contributed by atoms with van der Waals surface area (Å²) in [6.07, 6.45) is 5.12. The van der Waals surface area contributed by atoms with Crippen molar-refractivity contribution < 1.29 is 33.8 Å². The van der Waals surface area contributed by atoms with E-state index in [1.165, 1.54) is 5.01 Å². The van der Waals surface area contributed by atoms with Gasteiger partial charge in [-0.25, -0.2) is 5.43 Å². The Morgan fingerprint density at radius 2 is 1.72 bits per heavy atom. The molecule has 0 saturated carbocycles. The molecular weight excluding hydrogens is 861 g/mol. The number of carbonyl (C=O) groups excluding carboxylic acids is 5. The summed E-state index contributed by atoms with van der Waals surface area (Å²) in [7, 11) is 0. The number of rotatable bonds is 8. The highest BCUT2D eigenvalue weighted by Crippen LogP contribution is 2.44. The molecule has 4 aromatic rings. The van der Waals surface area contributed by atoms with Crippen LogP contribution < -0.4 is 16.1 Å². The minimum atomic E-state index is -1.12. The lowest BCUT2D eigenvalue weighted by molar-refractivity contribution is -0.155. The summed E-state index contributed by atoms with van der Waals surface area (Å²) in [4.78, 5) is 79.2. The second-order valence-electron chi connectivity index (χ2n) is 21.3. The van der Waals surface area contributed by atoms with Crippen molar-refractivity contribution in [1.29, 1.82) is 0 Å². The second kappa shape index (κ2) is 18.6. The molecule has 15 nitrogen and oxygen atoms in total. The molecule has 2 aromatic carbocycles. The first-order chi connectivity index (χ1) is 32.5. The number of nitrogens with zero attached hydrogens (tertiary/aromatic N) is 5. The molecule has 9 rings (SSSR count). The van der Waals surface area contributed by atoms with E-state index in [0.29, 0.717) is 83.4 Å². The number of nitrogens with one attached hydrogen (secondary N) is 3. The minimum Gasteiger partial charge on any atom is -0.508 e. The maximum atomic E-state index is 14.8. The van der Waals surface area contributed by atoms with Crippen molar-refractivity contribution in [2.24, 2.45) is 16.7 Å². The Bertz CT molecular complexity index is 2630. The molecule has 6 bridgehead atoms. The summed E-state index contributed by atoms with van der Waals surface area (Å²) in [5.74, 6) is -1.44. The third-order valence-corrected chi connectivity index (χ3v) is 15.0. The van der Waals surface area contributed by atoms with Crippen LogP contribution in [-0.2, 0) is 48.1 Å². The molecule has 7 heterocycles. The number of hydrogen-bond acceptors (Lipinski definition) is 10. The van der Waals surface area contributed by atoms with Gasteiger partial charge in [-0.05, 0) is 116 Å². The maximum absolute atomic E-state index is 14.8. The number of benzene rings is 2. The Labute approximate surface area is 399 Å². The number of amides is 4. The fourth-order valence-electron chi connectivity index (χ4n) is 11.3. The van der Waals surface area contributed by atoms with Crippen LogP contribution in [0, 0.1) is 16.7 Å². The molecule has 0 unspecified atom stereocenters. The summed E-state index contributed by atoms with van der Waals surface area (Å²) >= 11 is 0. The normalized spacial score (nSPS) is 23.3. The lowest BCUT2D eigenvalue weighted by Gasteiger charge is -2.39. The van der Waals surface area contributed by atoms with Crippen molar-refractivity contribution in [1.82, 2.24) is 40.4 Å². The number of phenolic OH excluding ortho intramolecular Hbond substituents is 1. The molecule has 68 heavy (non-hydrogen) atoms. The summed E-state index contributed by atoms with van der Waals surface area (Å²) in [6.45, 7) is 17.7. The van der Waals surface area contributed by atoms with Gasteiger partial charge in [-0.1, -0.05) is 53.7 Å². The van der Waals surface area contributed by atoms with Gasteiger partial charge in [0.25, 0.3) is 5.91 Å². The number of esters is 1. The van der Waals surface area contributed by atoms with Crippen LogP contribution in [0.3, 0.4) is 0 Å². The number of ether oxygens (including phenoxy) is 1. The van der Waals surface area contributed by atoms with E-state index in [1.807, 2.05) is 37.1 Å². The van der Waals surface area contributed by atoms with Crippen molar-refractivity contribution in [3.8, 4) is 28.1 Å². The van der Waals surface area contributed by atoms with Crippen molar-refractivity contribution >= 4 is 40.5 Å². The zero-order valence-electron chi connectivity index (χ0n) is 40.7. The fourth-order valence-corrected chi connectivity index (χ4v) is 11.3. The van der Waals surface area contributed by atoms with Gasteiger partial charge in [0, 0.05) is 73.8 Å². The average molecular weight is 929 g/mol. The highest BCUT2D eigenvalue weighted by atomic mass is 16.5. The third-order valence-electron chi connectivity index (χ3n) is 15.0. The Kier molecular flexibility index (Phi) is 12.9. The van der Waals surface area contributed by atoms with Gasteiger partial charge in [0.1, 0.15) is 23.9 Å². The number of fused-ring (bicyclic) bond motifs is 6. The monoisotopic (exact) mass is 929 g/mol. The van der Waals surface area contributed by atoms with E-state index in [1.54, 1.807) is 17.0 Å². The lowest BCUT2D eigenvalue weighted by atomic mass is 9.77. The van der Waals surface area contributed by atoms with Crippen LogP contribution in [-0.4, -0.2) is 123 Å². The van der Waals surface area contributed by atoms with Gasteiger partial charge in [-0.3, -0.25) is 34.0 Å². The predicted octanol–water partition coefficient (Wildman–Crippen LogP) is 5.71. The van der Waals surface area contributed by atoms with Crippen LogP contribution in [0.1, 0.15) is 103 Å². The zero-order chi connectivity index (χ0) is 48.2. The molecule has 15 heteroatoms. The van der Waals surface area contributed by atoms with E-state index in [9.17, 15) is 29.1 Å². The van der Waals surface area contributed by atoms with E-state index in [2.05, 4.69) is 79.5 Å². The molecule has 0 aliphatic carbocycles. The quantitative estimate of drug-likeness (QED) is 0.126. The van der Waals surface area contributed by atoms with E-state index in [-0.39, 0.29) is 48.5 Å². The van der Waals surface area contributed by atoms with Gasteiger partial charge < -0.3 is 34.8 Å². The summed E-state index contributed by atoms with van der Waals surface area (Å²) in [5.41, 5.74) is 9.55. The van der Waals surface area contributed by atoms with Gasteiger partial charge >= 0.3 is 5.97 Å². The first-order valence-electron chi connectivity index (χ1n) is 24.8. The van der Waals surface area contributed by atoms with Crippen LogP contribution in [0.4, 0.5) is 0 Å². The molecule has 362 valence electrons. The molecule has 5 aliphatic rings. The largest absolute Gasteiger partial charge is 0.508 e. The summed E-state index contributed by atoms with van der Waals surface area (Å²) in [6, 6.07) is 12.9. The Morgan fingerprint density at radius 3 is 2.43 bits per heavy atom. The number of hydrazine groups is 1. The smallest absolute Gasteiger partial charge is 0.324 e. The first-order valence-corrected chi connectivity index (χ1v) is 24.8. The minimum absolute atomic E-state index is 0.0164. The third kappa shape index (κ3) is 9.11. The van der Waals surface area contributed by atoms with Gasteiger partial charge in [0.2, 0.25) is 17.7 Å². The maximum Gasteiger partial charge on any atom is 0.324 e. The van der Waals surface area contributed by atoms with Crippen molar-refractivity contribution in [2.45, 2.75) is 130 Å². The standard InChI is InChI=1S/C53H68N8O7/c1-8-59-43-14-13-34-27-38(43)39(46(59)37-11-9-18-54-44(37)31(2)3)28-52(6,7)30-68-50(66)40-12-10-19-61(57-40)49(65)41(25-33-23-35(34)26-36(62)24-33)56-47(63)45(32(4)5)60-22-17-53(51(60)67)15-20-58(21-16-53)48(64)42-29-55-42/h9,11,13-14,18,23-24,26-27,31-32,40-42,45,55,57,62H,8,10,12,15-17,19-22,25,28-30H2,1-7H3,(H,56,63)/t40-,41-,42-,45-/m0/s1. The van der Waals surface area contributed by atoms with Gasteiger partial charge in [0.05, 0.1) is 29.5 Å². The Morgan fingerprint density at radius 1 is 0.971 bits per heavy atom. The molecule has 4 saturated heterocycles. The molecule has 1 spiro atoms. The van der Waals surface area contributed by atoms with E-state index in [0.717, 1.165) is 44.5 Å². The number of aromatic nitrogens is 2. The van der Waals surface area contributed by atoms with E-state index >= 15 is 0 Å². The number of cyclic esters (lactones) is 1. The number of piperidine rings is 1. The zero-order valence-corrected chi connectivity index (χ0v) is 40.7. The topological polar surface area (TPSA) is 188 Å². The highest BCUT2D eigenvalue weighted by molar-refractivity contribution is 5.97. The van der Waals surface area contributed by atoms with Gasteiger partial charge in [-0.15, -0.1) is 0 Å². The molecule has 5 aliphatic heterocycles. The van der Waals surface area contributed by atoms with Crippen LogP contribution in [0.15, 0.2) is 54.7 Å². The second-order valence-corrected chi connectivity index (χ2v) is 21.3. The summed E-state index contributed by atoms with van der Waals surface area (Å²) < 4.78 is 8.48. The number of hydrogen-bond donors (Lipinski definition) is 4. The fraction of sp³-hybridized carbons (Fsp3) is 0.547. The molecule has 4 amide bonds. The molecule has 4 fully saturated rings. The SMILES string of the molecule is CCn1c(-c2cccnc2C(C)C)c2c3cc(ccc31)-c1cc(O)cc(c1)C[C@H](NC(=O)[C@H](C(C)C)N1CCC3(CCN(C(=O)[C@@H]4CN4)CC3)C1=O)C(=O)N1CCC[C@H](N1)C(=O)OCC(C)(C)C2. The number of phenols is 1. The molecule has 2 aromatic heterocycles. The van der Waals surface area contributed by atoms with Crippen LogP contribution in [0.2, 0.25) is 0 Å². The first kappa shape index (κ1) is 47.3. The lowest BCUT2D eigenvalue weighted by Crippen LogP contribution is -2.62.